The molecule has 2 aliphatic heterocycles. The molecule has 4 aromatic carbocycles. The monoisotopic (exact) mass is 529 g/mol. The van der Waals surface area contributed by atoms with E-state index in [1.54, 1.807) is 7.11 Å². The van der Waals surface area contributed by atoms with Crippen LogP contribution in [0.5, 0.6) is 0 Å². The summed E-state index contributed by atoms with van der Waals surface area (Å²) in [7, 11) is 1.65. The van der Waals surface area contributed by atoms with Crippen molar-refractivity contribution in [1.29, 1.82) is 0 Å². The summed E-state index contributed by atoms with van der Waals surface area (Å²) in [6, 6.07) is 26.7. The van der Waals surface area contributed by atoms with E-state index in [9.17, 15) is 5.11 Å². The molecule has 0 amide bonds. The lowest BCUT2D eigenvalue weighted by atomic mass is 9.73. The van der Waals surface area contributed by atoms with Crippen LogP contribution >= 0.6 is 0 Å². The second kappa shape index (κ2) is 7.29. The molecule has 0 bridgehead atoms. The zero-order chi connectivity index (χ0) is 28.0. The summed E-state index contributed by atoms with van der Waals surface area (Å²) in [5.41, 5.74) is 4.91. The van der Waals surface area contributed by atoms with Gasteiger partial charge in [0.05, 0.1) is 11.8 Å². The zero-order valence-corrected chi connectivity index (χ0v) is 24.4. The third kappa shape index (κ3) is 2.41. The number of nitrogens with zero attached hydrogens (tertiary/aromatic N) is 2. The number of fused-ring (bicyclic) bond motifs is 12. The highest BCUT2D eigenvalue weighted by molar-refractivity contribution is 6.13. The molecule has 2 heterocycles. The first-order valence-electron chi connectivity index (χ1n) is 14.6. The third-order valence-electron chi connectivity index (χ3n) is 11.2. The minimum absolute atomic E-state index is 0.0543. The first-order chi connectivity index (χ1) is 19.0. The smallest absolute Gasteiger partial charge is 0.296 e. The van der Waals surface area contributed by atoms with Gasteiger partial charge in [-0.1, -0.05) is 93.4 Å². The Hall–Kier alpha value is -3.34. The van der Waals surface area contributed by atoms with Gasteiger partial charge in [-0.25, -0.2) is 4.58 Å². The SMILES string of the molecule is COC1(O)C2(C)c3cc4ccccc4cc3C3=[N+](C(C(C)C)=NC4C3c3ccc5ccccc5c3C4(C)C)C12C. The van der Waals surface area contributed by atoms with E-state index in [0.717, 1.165) is 5.84 Å². The molecule has 1 fully saturated rings. The molecule has 4 aliphatic rings. The molecule has 202 valence electrons. The van der Waals surface area contributed by atoms with Crippen molar-refractivity contribution in [3.63, 3.8) is 0 Å². The van der Waals surface area contributed by atoms with Crippen LogP contribution in [0.1, 0.15) is 69.7 Å². The molecular weight excluding hydrogens is 492 g/mol. The number of aliphatic imine (C=N–C) groups is 1. The maximum absolute atomic E-state index is 12.3. The Bertz CT molecular complexity index is 1870. The van der Waals surface area contributed by atoms with Crippen LogP contribution in [-0.4, -0.2) is 45.7 Å². The van der Waals surface area contributed by atoms with Gasteiger partial charge in [0, 0.05) is 18.1 Å². The van der Waals surface area contributed by atoms with Gasteiger partial charge < -0.3 is 9.84 Å². The van der Waals surface area contributed by atoms with Crippen LogP contribution in [0.4, 0.5) is 0 Å². The highest BCUT2D eigenvalue weighted by Gasteiger charge is 2.92. The summed E-state index contributed by atoms with van der Waals surface area (Å²) in [5.74, 6) is -0.0686. The molecule has 5 unspecified atom stereocenters. The molecule has 4 nitrogen and oxygen atoms in total. The molecule has 2 aliphatic carbocycles. The largest absolute Gasteiger partial charge is 0.361 e. The fourth-order valence-electron chi connectivity index (χ4n) is 9.07. The second-order valence-corrected chi connectivity index (χ2v) is 13.5. The van der Waals surface area contributed by atoms with E-state index in [1.807, 2.05) is 0 Å². The molecular formula is C36H37N2O2+. The van der Waals surface area contributed by atoms with E-state index in [1.165, 1.54) is 49.5 Å². The van der Waals surface area contributed by atoms with Gasteiger partial charge in [0.2, 0.25) is 5.79 Å². The number of hydrogen-bond acceptors (Lipinski definition) is 3. The van der Waals surface area contributed by atoms with Gasteiger partial charge in [-0.05, 0) is 64.2 Å². The standard InChI is InChI=1S/C36H37N2O2/c1-20(2)32-37-31-28(25-17-16-21-12-10-11-15-24(21)29(25)33(31,3)4)30-26-18-22-13-8-9-14-23(22)19-27(26)34(5)35(6,38(30)32)36(34,39)40-7/h8-20,28,31,39H,1-7H3/q+1. The number of aliphatic hydroxyl groups is 1. The minimum Gasteiger partial charge on any atom is -0.361 e. The lowest BCUT2D eigenvalue weighted by Gasteiger charge is -2.37. The lowest BCUT2D eigenvalue weighted by molar-refractivity contribution is -0.502. The van der Waals surface area contributed by atoms with Gasteiger partial charge in [-0.2, -0.15) is 0 Å². The Labute approximate surface area is 236 Å². The van der Waals surface area contributed by atoms with Gasteiger partial charge in [-0.15, -0.1) is 0 Å². The lowest BCUT2D eigenvalue weighted by Crippen LogP contribution is -2.54. The number of methoxy groups -OCH3 is 1. The summed E-state index contributed by atoms with van der Waals surface area (Å²) in [6.45, 7) is 13.6. The molecule has 4 heteroatoms. The van der Waals surface area contributed by atoms with Crippen LogP contribution in [0.3, 0.4) is 0 Å². The van der Waals surface area contributed by atoms with Gasteiger partial charge in [0.25, 0.3) is 5.84 Å². The van der Waals surface area contributed by atoms with Crippen molar-refractivity contribution in [2.75, 3.05) is 7.11 Å². The summed E-state index contributed by atoms with van der Waals surface area (Å²) < 4.78 is 8.49. The van der Waals surface area contributed by atoms with Crippen LogP contribution in [0.2, 0.25) is 0 Å². The van der Waals surface area contributed by atoms with Crippen molar-refractivity contribution in [3.05, 3.63) is 95.1 Å². The summed E-state index contributed by atoms with van der Waals surface area (Å²) in [5, 5.41) is 17.3. The van der Waals surface area contributed by atoms with E-state index >= 15 is 0 Å². The van der Waals surface area contributed by atoms with Crippen molar-refractivity contribution in [3.8, 4) is 0 Å². The van der Waals surface area contributed by atoms with Gasteiger partial charge in [0.15, 0.2) is 11.6 Å². The zero-order valence-electron chi connectivity index (χ0n) is 24.4. The molecule has 8 rings (SSSR count). The van der Waals surface area contributed by atoms with Gasteiger partial charge >= 0.3 is 0 Å². The fourth-order valence-corrected chi connectivity index (χ4v) is 9.07. The molecule has 0 aromatic heterocycles. The predicted molar refractivity (Wildman–Crippen MR) is 162 cm³/mol. The Morgan fingerprint density at radius 3 is 2.20 bits per heavy atom. The molecule has 1 N–H and O–H groups in total. The maximum atomic E-state index is 12.3. The highest BCUT2D eigenvalue weighted by Crippen LogP contribution is 2.72. The number of ether oxygens (including phenoxy) is 1. The van der Waals surface area contributed by atoms with Crippen LogP contribution < -0.4 is 0 Å². The Morgan fingerprint density at radius 2 is 1.52 bits per heavy atom. The summed E-state index contributed by atoms with van der Waals surface area (Å²) >= 11 is 0. The minimum atomic E-state index is -1.36. The Kier molecular flexibility index (Phi) is 4.46. The average molecular weight is 530 g/mol. The van der Waals surface area contributed by atoms with Crippen molar-refractivity contribution < 1.29 is 14.4 Å². The quantitative estimate of drug-likeness (QED) is 0.232. The van der Waals surface area contributed by atoms with E-state index < -0.39 is 16.7 Å². The molecule has 5 atom stereocenters. The normalized spacial score (nSPS) is 32.9. The number of rotatable bonds is 2. The Morgan fingerprint density at radius 1 is 0.875 bits per heavy atom. The maximum Gasteiger partial charge on any atom is 0.296 e. The molecule has 4 aromatic rings. The first kappa shape index (κ1) is 24.5. The van der Waals surface area contributed by atoms with Gasteiger partial charge in [-0.3, -0.25) is 0 Å². The van der Waals surface area contributed by atoms with Crippen LogP contribution in [0.25, 0.3) is 21.5 Å². The predicted octanol–water partition coefficient (Wildman–Crippen LogP) is 6.68. The van der Waals surface area contributed by atoms with Crippen LogP contribution in [-0.2, 0) is 15.6 Å². The van der Waals surface area contributed by atoms with E-state index in [4.69, 9.17) is 9.73 Å². The number of hydrogen-bond donors (Lipinski definition) is 1. The molecule has 40 heavy (non-hydrogen) atoms. The van der Waals surface area contributed by atoms with E-state index in [0.29, 0.717) is 0 Å². The molecule has 0 radical (unpaired) electrons. The van der Waals surface area contributed by atoms with E-state index in [-0.39, 0.29) is 23.3 Å². The average Bonchev–Trinajstić information content (AvgIpc) is 3.23. The molecule has 0 spiro atoms. The summed E-state index contributed by atoms with van der Waals surface area (Å²) in [6.07, 6.45) is 0. The van der Waals surface area contributed by atoms with Crippen molar-refractivity contribution in [1.82, 2.24) is 0 Å². The number of amidine groups is 1. The topological polar surface area (TPSA) is 44.8 Å². The third-order valence-corrected chi connectivity index (χ3v) is 11.2. The van der Waals surface area contributed by atoms with Crippen molar-refractivity contribution >= 4 is 33.1 Å². The van der Waals surface area contributed by atoms with Crippen molar-refractivity contribution in [2.24, 2.45) is 10.9 Å². The Balaban J connectivity index is 1.54. The fraction of sp³-hybridized carbons (Fsp3) is 0.389. The highest BCUT2D eigenvalue weighted by atomic mass is 16.6. The first-order valence-corrected chi connectivity index (χ1v) is 14.6. The molecule has 0 saturated heterocycles. The van der Waals surface area contributed by atoms with Crippen LogP contribution in [0.15, 0.2) is 77.8 Å². The molecule has 1 saturated carbocycles. The second-order valence-electron chi connectivity index (χ2n) is 13.5. The summed E-state index contributed by atoms with van der Waals surface area (Å²) in [4.78, 5) is 5.65. The van der Waals surface area contributed by atoms with E-state index in [2.05, 4.69) is 119 Å². The van der Waals surface area contributed by atoms with Crippen molar-refractivity contribution in [2.45, 2.75) is 75.7 Å². The van der Waals surface area contributed by atoms with Gasteiger partial charge in [0.1, 0.15) is 11.1 Å². The number of benzene rings is 4. The van der Waals surface area contributed by atoms with Crippen LogP contribution in [0, 0.1) is 5.92 Å².